The second-order valence-corrected chi connectivity index (χ2v) is 9.15. The fourth-order valence-electron chi connectivity index (χ4n) is 2.42. The third-order valence-corrected chi connectivity index (χ3v) is 5.86. The lowest BCUT2D eigenvalue weighted by molar-refractivity contribution is 0.102. The van der Waals surface area contributed by atoms with Crippen LogP contribution in [-0.4, -0.2) is 27.0 Å². The molecule has 1 amide bonds. The van der Waals surface area contributed by atoms with Crippen LogP contribution in [0.25, 0.3) is 0 Å². The topological polar surface area (TPSA) is 84.5 Å². The number of halogens is 1. The van der Waals surface area contributed by atoms with Crippen molar-refractivity contribution < 1.29 is 17.9 Å². The molecule has 0 heterocycles. The van der Waals surface area contributed by atoms with Gasteiger partial charge in [0.25, 0.3) is 5.91 Å². The number of carbonyl (C=O) groups excluding carboxylic acids is 1. The van der Waals surface area contributed by atoms with Crippen molar-refractivity contribution in [2.24, 2.45) is 0 Å². The van der Waals surface area contributed by atoms with Gasteiger partial charge in [0.15, 0.2) is 0 Å². The quantitative estimate of drug-likeness (QED) is 0.780. The molecular weight excluding hydrogens is 388 g/mol. The van der Waals surface area contributed by atoms with Crippen LogP contribution in [0.4, 0.5) is 5.69 Å². The molecule has 0 unspecified atom stereocenters. The Kier molecular flexibility index (Phi) is 6.19. The average molecular weight is 411 g/mol. The minimum absolute atomic E-state index is 0.101. The summed E-state index contributed by atoms with van der Waals surface area (Å²) in [4.78, 5) is 12.5. The van der Waals surface area contributed by atoms with Gasteiger partial charge in [-0.05, 0) is 63.6 Å². The third kappa shape index (κ3) is 5.22. The summed E-state index contributed by atoms with van der Waals surface area (Å²) in [7, 11) is -2.51. The van der Waals surface area contributed by atoms with E-state index in [-0.39, 0.29) is 16.2 Å². The zero-order chi connectivity index (χ0) is 20.4. The highest BCUT2D eigenvalue weighted by atomic mass is 35.5. The Morgan fingerprint density at radius 1 is 1.15 bits per heavy atom. The van der Waals surface area contributed by atoms with Gasteiger partial charge < -0.3 is 10.1 Å². The average Bonchev–Trinajstić information content (AvgIpc) is 2.56. The molecule has 2 N–H and O–H groups in total. The van der Waals surface area contributed by atoms with Gasteiger partial charge in [0, 0.05) is 21.8 Å². The molecule has 0 bridgehead atoms. The van der Waals surface area contributed by atoms with Gasteiger partial charge in [-0.2, -0.15) is 0 Å². The summed E-state index contributed by atoms with van der Waals surface area (Å²) in [6.07, 6.45) is 0. The minimum atomic E-state index is -3.88. The molecule has 0 aromatic heterocycles. The number of methoxy groups -OCH3 is 1. The first-order chi connectivity index (χ1) is 12.4. The number of rotatable bonds is 5. The number of sulfonamides is 1. The predicted molar refractivity (Wildman–Crippen MR) is 107 cm³/mol. The van der Waals surface area contributed by atoms with Gasteiger partial charge >= 0.3 is 0 Å². The van der Waals surface area contributed by atoms with Crippen molar-refractivity contribution in [1.29, 1.82) is 0 Å². The van der Waals surface area contributed by atoms with Crippen molar-refractivity contribution in [3.05, 3.63) is 52.5 Å². The lowest BCUT2D eigenvalue weighted by Gasteiger charge is -2.21. The van der Waals surface area contributed by atoms with Gasteiger partial charge in [0.2, 0.25) is 10.0 Å². The fraction of sp³-hybridized carbons (Fsp3) is 0.316. The van der Waals surface area contributed by atoms with Crippen LogP contribution < -0.4 is 14.8 Å². The molecule has 2 aromatic rings. The summed E-state index contributed by atoms with van der Waals surface area (Å²) < 4.78 is 33.2. The Bertz CT molecular complexity index is 966. The Morgan fingerprint density at radius 3 is 2.41 bits per heavy atom. The van der Waals surface area contributed by atoms with Gasteiger partial charge in [-0.25, -0.2) is 13.1 Å². The predicted octanol–water partition coefficient (Wildman–Crippen LogP) is 3.99. The number of hydrogen-bond donors (Lipinski definition) is 2. The molecule has 2 aromatic carbocycles. The van der Waals surface area contributed by atoms with E-state index in [9.17, 15) is 13.2 Å². The summed E-state index contributed by atoms with van der Waals surface area (Å²) >= 11 is 6.07. The Labute approximate surface area is 164 Å². The molecule has 0 radical (unpaired) electrons. The van der Waals surface area contributed by atoms with Crippen LogP contribution >= 0.6 is 11.6 Å². The van der Waals surface area contributed by atoms with Crippen molar-refractivity contribution in [1.82, 2.24) is 4.72 Å². The lowest BCUT2D eigenvalue weighted by atomic mass is 10.1. The van der Waals surface area contributed by atoms with Crippen LogP contribution in [0, 0.1) is 6.92 Å². The van der Waals surface area contributed by atoms with Crippen molar-refractivity contribution in [3.8, 4) is 5.75 Å². The molecule has 6 nitrogen and oxygen atoms in total. The molecule has 2 rings (SSSR count). The van der Waals surface area contributed by atoms with Crippen LogP contribution in [0.3, 0.4) is 0 Å². The number of nitrogens with one attached hydrogen (secondary N) is 2. The minimum Gasteiger partial charge on any atom is -0.495 e. The molecule has 8 heteroatoms. The molecule has 0 spiro atoms. The first kappa shape index (κ1) is 21.2. The maximum Gasteiger partial charge on any atom is 0.255 e. The largest absolute Gasteiger partial charge is 0.495 e. The van der Waals surface area contributed by atoms with E-state index >= 15 is 0 Å². The summed E-state index contributed by atoms with van der Waals surface area (Å²) in [6, 6.07) is 9.43. The van der Waals surface area contributed by atoms with Crippen LogP contribution in [0.2, 0.25) is 5.02 Å². The fourth-order valence-corrected chi connectivity index (χ4v) is 4.21. The number of amides is 1. The second-order valence-electron chi connectivity index (χ2n) is 7.09. The SMILES string of the molecule is COc1ccc(C(=O)Nc2cccc(Cl)c2C)cc1S(=O)(=O)NC(C)(C)C. The third-order valence-electron chi connectivity index (χ3n) is 3.67. The van der Waals surface area contributed by atoms with E-state index in [2.05, 4.69) is 10.0 Å². The van der Waals surface area contributed by atoms with E-state index in [1.54, 1.807) is 45.9 Å². The molecule has 0 aliphatic rings. The molecule has 27 heavy (non-hydrogen) atoms. The number of benzene rings is 2. The Morgan fingerprint density at radius 2 is 1.81 bits per heavy atom. The zero-order valence-corrected chi connectivity index (χ0v) is 17.5. The van der Waals surface area contributed by atoms with Crippen molar-refractivity contribution in [3.63, 3.8) is 0 Å². The summed E-state index contributed by atoms with van der Waals surface area (Å²) in [6.45, 7) is 6.98. The summed E-state index contributed by atoms with van der Waals surface area (Å²) in [5.74, 6) is -0.294. The van der Waals surface area contributed by atoms with Gasteiger partial charge in [0.05, 0.1) is 7.11 Å². The van der Waals surface area contributed by atoms with E-state index < -0.39 is 21.5 Å². The lowest BCUT2D eigenvalue weighted by Crippen LogP contribution is -2.40. The molecule has 0 fully saturated rings. The monoisotopic (exact) mass is 410 g/mol. The van der Waals surface area contributed by atoms with E-state index in [1.807, 2.05) is 0 Å². The van der Waals surface area contributed by atoms with E-state index in [0.29, 0.717) is 10.7 Å². The van der Waals surface area contributed by atoms with E-state index in [1.165, 1.54) is 25.3 Å². The normalized spacial score (nSPS) is 11.9. The number of ether oxygens (including phenoxy) is 1. The van der Waals surface area contributed by atoms with E-state index in [0.717, 1.165) is 5.56 Å². The van der Waals surface area contributed by atoms with Crippen molar-refractivity contribution >= 4 is 33.2 Å². The summed E-state index contributed by atoms with van der Waals surface area (Å²) in [5.41, 5.74) is 0.785. The molecule has 0 aliphatic heterocycles. The molecule has 0 saturated heterocycles. The van der Waals surface area contributed by atoms with Gasteiger partial charge in [0.1, 0.15) is 10.6 Å². The smallest absolute Gasteiger partial charge is 0.255 e. The molecule has 146 valence electrons. The van der Waals surface area contributed by atoms with Gasteiger partial charge in [-0.1, -0.05) is 17.7 Å². The van der Waals surface area contributed by atoms with Crippen LogP contribution in [0.15, 0.2) is 41.3 Å². The zero-order valence-electron chi connectivity index (χ0n) is 15.9. The molecule has 0 aliphatic carbocycles. The molecule has 0 atom stereocenters. The maximum atomic E-state index is 12.7. The van der Waals surface area contributed by atoms with Crippen LogP contribution in [-0.2, 0) is 10.0 Å². The molecular formula is C19H23ClN2O4S. The number of anilines is 1. The highest BCUT2D eigenvalue weighted by Crippen LogP contribution is 2.27. The Balaban J connectivity index is 2.42. The highest BCUT2D eigenvalue weighted by Gasteiger charge is 2.26. The van der Waals surface area contributed by atoms with E-state index in [4.69, 9.17) is 16.3 Å². The first-order valence-electron chi connectivity index (χ1n) is 8.23. The number of carbonyl (C=O) groups is 1. The molecule has 0 saturated carbocycles. The van der Waals surface area contributed by atoms with Crippen molar-refractivity contribution in [2.75, 3.05) is 12.4 Å². The maximum absolute atomic E-state index is 12.7. The number of hydrogen-bond acceptors (Lipinski definition) is 4. The van der Waals surface area contributed by atoms with Crippen molar-refractivity contribution in [2.45, 2.75) is 38.1 Å². The summed E-state index contributed by atoms with van der Waals surface area (Å²) in [5, 5.41) is 3.28. The van der Waals surface area contributed by atoms with Gasteiger partial charge in [-0.3, -0.25) is 4.79 Å². The Hall–Kier alpha value is -2.09. The standard InChI is InChI=1S/C19H23ClN2O4S/c1-12-14(20)7-6-8-15(12)21-18(23)13-9-10-16(26-5)17(11-13)27(24,25)22-19(2,3)4/h6-11,22H,1-5H3,(H,21,23). The highest BCUT2D eigenvalue weighted by molar-refractivity contribution is 7.89. The van der Waals surface area contributed by atoms with Gasteiger partial charge in [-0.15, -0.1) is 0 Å². The van der Waals surface area contributed by atoms with Crippen LogP contribution in [0.1, 0.15) is 36.7 Å². The van der Waals surface area contributed by atoms with Crippen LogP contribution in [0.5, 0.6) is 5.75 Å². The second kappa shape index (κ2) is 7.88. The first-order valence-corrected chi connectivity index (χ1v) is 10.1.